The Kier molecular flexibility index (Phi) is 6.97. The fourth-order valence-electron chi connectivity index (χ4n) is 2.93. The summed E-state index contributed by atoms with van der Waals surface area (Å²) in [6.07, 6.45) is -0.394. The van der Waals surface area contributed by atoms with Crippen LogP contribution in [0, 0.1) is 0 Å². The number of aliphatic hydroxyl groups excluding tert-OH is 1. The number of esters is 1. The molecule has 0 aliphatic carbocycles. The largest absolute Gasteiger partial charge is 0.485 e. The van der Waals surface area contributed by atoms with E-state index in [-0.39, 0.29) is 32.0 Å². The third kappa shape index (κ3) is 5.20. The molecule has 0 saturated carbocycles. The SMILES string of the molecule is CNc1ccc(COC2=C(OCc3ccc(NC)cc3)C(CCO)OC2=O)cc1. The Labute approximate surface area is 170 Å². The first-order chi connectivity index (χ1) is 14.1. The first-order valence-electron chi connectivity index (χ1n) is 9.49. The van der Waals surface area contributed by atoms with E-state index in [1.54, 1.807) is 0 Å². The van der Waals surface area contributed by atoms with Gasteiger partial charge in [-0.25, -0.2) is 4.79 Å². The van der Waals surface area contributed by atoms with Gasteiger partial charge in [-0.1, -0.05) is 24.3 Å². The van der Waals surface area contributed by atoms with Crippen molar-refractivity contribution in [3.63, 3.8) is 0 Å². The second kappa shape index (κ2) is 9.84. The molecule has 0 amide bonds. The fraction of sp³-hybridized carbons (Fsp3) is 0.318. The molecule has 0 aromatic heterocycles. The maximum Gasteiger partial charge on any atom is 0.378 e. The van der Waals surface area contributed by atoms with E-state index in [0.29, 0.717) is 5.76 Å². The lowest BCUT2D eigenvalue weighted by Gasteiger charge is -2.14. The number of hydrogen-bond donors (Lipinski definition) is 3. The smallest absolute Gasteiger partial charge is 0.378 e. The number of nitrogens with one attached hydrogen (secondary N) is 2. The summed E-state index contributed by atoms with van der Waals surface area (Å²) in [6.45, 7) is 0.353. The van der Waals surface area contributed by atoms with Gasteiger partial charge in [-0.2, -0.15) is 0 Å². The average Bonchev–Trinajstić information content (AvgIpc) is 3.05. The van der Waals surface area contributed by atoms with E-state index in [0.717, 1.165) is 22.5 Å². The number of carbonyl (C=O) groups is 1. The number of cyclic esters (lactones) is 1. The van der Waals surface area contributed by atoms with Crippen LogP contribution in [0.15, 0.2) is 60.0 Å². The number of carbonyl (C=O) groups excluding carboxylic acids is 1. The molecular formula is C22H26N2O5. The van der Waals surface area contributed by atoms with Crippen LogP contribution in [-0.2, 0) is 32.2 Å². The molecule has 0 fully saturated rings. The molecule has 0 bridgehead atoms. The van der Waals surface area contributed by atoms with E-state index in [1.165, 1.54) is 0 Å². The van der Waals surface area contributed by atoms with Crippen molar-refractivity contribution in [2.45, 2.75) is 25.7 Å². The summed E-state index contributed by atoms with van der Waals surface area (Å²) in [5, 5.41) is 15.4. The summed E-state index contributed by atoms with van der Waals surface area (Å²) in [5.41, 5.74) is 3.85. The van der Waals surface area contributed by atoms with Crippen molar-refractivity contribution in [2.24, 2.45) is 0 Å². The Morgan fingerprint density at radius 3 is 1.90 bits per heavy atom. The van der Waals surface area contributed by atoms with Crippen LogP contribution in [0.25, 0.3) is 0 Å². The molecule has 0 saturated heterocycles. The lowest BCUT2D eigenvalue weighted by Crippen LogP contribution is -2.15. The summed E-state index contributed by atoms with van der Waals surface area (Å²) in [5.74, 6) is -0.183. The van der Waals surface area contributed by atoms with Gasteiger partial charge >= 0.3 is 5.97 Å². The summed E-state index contributed by atoms with van der Waals surface area (Å²) in [7, 11) is 3.70. The lowest BCUT2D eigenvalue weighted by molar-refractivity contribution is -0.143. The van der Waals surface area contributed by atoms with Gasteiger partial charge in [0.05, 0.1) is 0 Å². The van der Waals surface area contributed by atoms with Crippen LogP contribution >= 0.6 is 0 Å². The highest BCUT2D eigenvalue weighted by Gasteiger charge is 2.37. The molecule has 1 aliphatic rings. The van der Waals surface area contributed by atoms with E-state index >= 15 is 0 Å². The minimum Gasteiger partial charge on any atom is -0.485 e. The third-order valence-electron chi connectivity index (χ3n) is 4.60. The second-order valence-electron chi connectivity index (χ2n) is 6.57. The molecule has 1 unspecified atom stereocenters. The van der Waals surface area contributed by atoms with Crippen LogP contribution in [0.3, 0.4) is 0 Å². The van der Waals surface area contributed by atoms with Crippen LogP contribution in [0.2, 0.25) is 0 Å². The van der Waals surface area contributed by atoms with E-state index < -0.39 is 12.1 Å². The van der Waals surface area contributed by atoms with Crippen LogP contribution in [0.4, 0.5) is 11.4 Å². The van der Waals surface area contributed by atoms with Gasteiger partial charge in [0, 0.05) is 38.5 Å². The van der Waals surface area contributed by atoms with Crippen LogP contribution < -0.4 is 10.6 Å². The Bertz CT molecular complexity index is 847. The van der Waals surface area contributed by atoms with Crippen molar-refractivity contribution in [1.82, 2.24) is 0 Å². The van der Waals surface area contributed by atoms with Gasteiger partial charge < -0.3 is 30.0 Å². The molecule has 154 valence electrons. The monoisotopic (exact) mass is 398 g/mol. The van der Waals surface area contributed by atoms with Gasteiger partial charge in [-0.15, -0.1) is 0 Å². The summed E-state index contributed by atoms with van der Waals surface area (Å²) in [6, 6.07) is 15.5. The summed E-state index contributed by atoms with van der Waals surface area (Å²) < 4.78 is 17.0. The minimum absolute atomic E-state index is 0.0630. The van der Waals surface area contributed by atoms with E-state index in [2.05, 4.69) is 10.6 Å². The molecule has 1 atom stereocenters. The molecule has 1 aliphatic heterocycles. The highest BCUT2D eigenvalue weighted by Crippen LogP contribution is 2.29. The maximum absolute atomic E-state index is 12.3. The average molecular weight is 398 g/mol. The van der Waals surface area contributed by atoms with Crippen LogP contribution in [0.5, 0.6) is 0 Å². The molecule has 3 rings (SSSR count). The highest BCUT2D eigenvalue weighted by molar-refractivity contribution is 5.89. The van der Waals surface area contributed by atoms with Gasteiger partial charge in [-0.3, -0.25) is 0 Å². The fourth-order valence-corrected chi connectivity index (χ4v) is 2.93. The number of hydrogen-bond acceptors (Lipinski definition) is 7. The van der Waals surface area contributed by atoms with Crippen LogP contribution in [-0.4, -0.2) is 37.9 Å². The number of rotatable bonds is 10. The topological polar surface area (TPSA) is 89.1 Å². The number of ether oxygens (including phenoxy) is 3. The van der Waals surface area contributed by atoms with Crippen molar-refractivity contribution >= 4 is 17.3 Å². The minimum atomic E-state index is -0.647. The Morgan fingerprint density at radius 1 is 0.897 bits per heavy atom. The molecule has 7 nitrogen and oxygen atoms in total. The van der Waals surface area contributed by atoms with E-state index in [4.69, 9.17) is 14.2 Å². The van der Waals surface area contributed by atoms with Crippen molar-refractivity contribution in [3.8, 4) is 0 Å². The van der Waals surface area contributed by atoms with Crippen LogP contribution in [0.1, 0.15) is 17.5 Å². The highest BCUT2D eigenvalue weighted by atomic mass is 16.6. The first kappa shape index (κ1) is 20.5. The normalized spacial score (nSPS) is 15.8. The predicted octanol–water partition coefficient (Wildman–Crippen LogP) is 3.02. The van der Waals surface area contributed by atoms with Crippen molar-refractivity contribution < 1.29 is 24.1 Å². The maximum atomic E-state index is 12.3. The van der Waals surface area contributed by atoms with Gasteiger partial charge in [0.2, 0.25) is 5.76 Å². The van der Waals surface area contributed by atoms with Gasteiger partial charge in [0.15, 0.2) is 11.9 Å². The Hall–Kier alpha value is -3.19. The first-order valence-corrected chi connectivity index (χ1v) is 9.49. The Balaban J connectivity index is 1.72. The third-order valence-corrected chi connectivity index (χ3v) is 4.60. The van der Waals surface area contributed by atoms with Crippen molar-refractivity contribution in [2.75, 3.05) is 31.3 Å². The number of aliphatic hydroxyl groups is 1. The second-order valence-corrected chi connectivity index (χ2v) is 6.57. The molecule has 7 heteroatoms. The molecule has 0 radical (unpaired) electrons. The molecule has 2 aromatic rings. The van der Waals surface area contributed by atoms with Crippen molar-refractivity contribution in [1.29, 1.82) is 0 Å². The lowest BCUT2D eigenvalue weighted by atomic mass is 10.2. The number of anilines is 2. The van der Waals surface area contributed by atoms with Gasteiger partial charge in [-0.05, 0) is 35.4 Å². The standard InChI is InChI=1S/C22H26N2O5/c1-23-17-7-3-15(4-8-17)13-27-20-19(11-12-25)29-22(26)21(20)28-14-16-5-9-18(24-2)10-6-16/h3-10,19,23-25H,11-14H2,1-2H3. The van der Waals surface area contributed by atoms with Gasteiger partial charge in [0.1, 0.15) is 13.2 Å². The molecular weight excluding hydrogens is 372 g/mol. The van der Waals surface area contributed by atoms with E-state index in [9.17, 15) is 9.90 Å². The van der Waals surface area contributed by atoms with E-state index in [1.807, 2.05) is 62.6 Å². The van der Waals surface area contributed by atoms with Crippen molar-refractivity contribution in [3.05, 3.63) is 71.2 Å². The molecule has 0 spiro atoms. The predicted molar refractivity (Wildman–Crippen MR) is 110 cm³/mol. The summed E-state index contributed by atoms with van der Waals surface area (Å²) in [4.78, 5) is 12.3. The summed E-state index contributed by atoms with van der Waals surface area (Å²) >= 11 is 0. The molecule has 1 heterocycles. The van der Waals surface area contributed by atoms with Gasteiger partial charge in [0.25, 0.3) is 0 Å². The Morgan fingerprint density at radius 2 is 1.41 bits per heavy atom. The molecule has 2 aromatic carbocycles. The molecule has 29 heavy (non-hydrogen) atoms. The zero-order chi connectivity index (χ0) is 20.6. The molecule has 3 N–H and O–H groups in total. The quantitative estimate of drug-likeness (QED) is 0.530. The zero-order valence-electron chi connectivity index (χ0n) is 16.6. The zero-order valence-corrected chi connectivity index (χ0v) is 16.6. The number of benzene rings is 2.